The molecule has 1 unspecified atom stereocenters. The Labute approximate surface area is 95.8 Å². The Kier molecular flexibility index (Phi) is 4.31. The molecule has 0 aliphatic heterocycles. The molecule has 0 spiro atoms. The van der Waals surface area contributed by atoms with Crippen LogP contribution in [0.4, 0.5) is 0 Å². The molecule has 0 bridgehead atoms. The lowest BCUT2D eigenvalue weighted by Crippen LogP contribution is -2.31. The van der Waals surface area contributed by atoms with E-state index in [0.717, 1.165) is 16.9 Å². The van der Waals surface area contributed by atoms with Gasteiger partial charge in [0.25, 0.3) is 0 Å². The summed E-state index contributed by atoms with van der Waals surface area (Å²) in [7, 11) is 1.71. The molecule has 0 heterocycles. The van der Waals surface area contributed by atoms with Crippen LogP contribution in [0.1, 0.15) is 24.1 Å². The highest BCUT2D eigenvalue weighted by Crippen LogP contribution is 2.22. The molecule has 0 radical (unpaired) electrons. The lowest BCUT2D eigenvalue weighted by atomic mass is 10.0. The number of rotatable bonds is 5. The molecular weight excluding hydrogens is 204 g/mol. The summed E-state index contributed by atoms with van der Waals surface area (Å²) in [6.45, 7) is 4.51. The van der Waals surface area contributed by atoms with Crippen LogP contribution in [0.5, 0.6) is 5.75 Å². The first-order valence-electron chi connectivity index (χ1n) is 5.30. The third-order valence-electron chi connectivity index (χ3n) is 2.41. The van der Waals surface area contributed by atoms with Crippen LogP contribution >= 0.6 is 0 Å². The van der Waals surface area contributed by atoms with Crippen LogP contribution in [0.25, 0.3) is 0 Å². The first-order chi connectivity index (χ1) is 7.60. The van der Waals surface area contributed by atoms with Gasteiger partial charge >= 0.3 is 0 Å². The molecule has 88 valence electrons. The third-order valence-corrected chi connectivity index (χ3v) is 2.41. The molecule has 1 aromatic carbocycles. The Morgan fingerprint density at radius 2 is 2.25 bits per heavy atom. The predicted molar refractivity (Wildman–Crippen MR) is 63.3 cm³/mol. The van der Waals surface area contributed by atoms with Crippen molar-refractivity contribution in [1.29, 1.82) is 0 Å². The van der Waals surface area contributed by atoms with Crippen molar-refractivity contribution >= 4 is 5.91 Å². The number of primary amides is 1. The van der Waals surface area contributed by atoms with Crippen molar-refractivity contribution in [1.82, 2.24) is 5.32 Å². The van der Waals surface area contributed by atoms with Crippen molar-refractivity contribution in [2.75, 3.05) is 13.7 Å². The number of ether oxygens (including phenoxy) is 1. The second-order valence-corrected chi connectivity index (χ2v) is 3.58. The summed E-state index contributed by atoms with van der Waals surface area (Å²) in [5, 5.41) is 2.88. The van der Waals surface area contributed by atoms with E-state index < -0.39 is 6.04 Å². The Balaban J connectivity index is 2.99. The number of nitrogens with one attached hydrogen (secondary N) is 1. The average molecular weight is 222 g/mol. The minimum Gasteiger partial charge on any atom is -0.494 e. The van der Waals surface area contributed by atoms with Crippen molar-refractivity contribution in [2.24, 2.45) is 5.73 Å². The van der Waals surface area contributed by atoms with Crippen LogP contribution in [-0.4, -0.2) is 19.6 Å². The largest absolute Gasteiger partial charge is 0.494 e. The van der Waals surface area contributed by atoms with Crippen molar-refractivity contribution in [3.63, 3.8) is 0 Å². The van der Waals surface area contributed by atoms with Gasteiger partial charge in [-0.1, -0.05) is 12.1 Å². The van der Waals surface area contributed by atoms with E-state index in [-0.39, 0.29) is 5.91 Å². The first-order valence-corrected chi connectivity index (χ1v) is 5.30. The van der Waals surface area contributed by atoms with Crippen LogP contribution < -0.4 is 15.8 Å². The van der Waals surface area contributed by atoms with Gasteiger partial charge in [-0.2, -0.15) is 0 Å². The van der Waals surface area contributed by atoms with Gasteiger partial charge in [0.2, 0.25) is 5.91 Å². The molecule has 4 heteroatoms. The zero-order chi connectivity index (χ0) is 12.1. The maximum absolute atomic E-state index is 11.2. The summed E-state index contributed by atoms with van der Waals surface area (Å²) in [6.07, 6.45) is 0. The molecule has 4 nitrogen and oxygen atoms in total. The number of aryl methyl sites for hydroxylation is 1. The molecule has 0 aromatic heterocycles. The molecule has 16 heavy (non-hydrogen) atoms. The second kappa shape index (κ2) is 5.51. The summed E-state index contributed by atoms with van der Waals surface area (Å²) in [6, 6.07) is 5.18. The van der Waals surface area contributed by atoms with E-state index in [2.05, 4.69) is 5.32 Å². The highest BCUT2D eigenvalue weighted by molar-refractivity contribution is 5.81. The van der Waals surface area contributed by atoms with Gasteiger partial charge in [-0.3, -0.25) is 4.79 Å². The Morgan fingerprint density at radius 1 is 1.56 bits per heavy atom. The van der Waals surface area contributed by atoms with E-state index in [1.807, 2.05) is 32.0 Å². The van der Waals surface area contributed by atoms with Crippen molar-refractivity contribution in [3.05, 3.63) is 29.3 Å². The number of amides is 1. The molecule has 0 aliphatic rings. The summed E-state index contributed by atoms with van der Waals surface area (Å²) in [5.41, 5.74) is 7.15. The van der Waals surface area contributed by atoms with Crippen LogP contribution in [0.2, 0.25) is 0 Å². The minimum atomic E-state index is -0.450. The molecule has 1 atom stereocenters. The smallest absolute Gasteiger partial charge is 0.239 e. The molecule has 0 saturated heterocycles. The summed E-state index contributed by atoms with van der Waals surface area (Å²) in [4.78, 5) is 11.2. The molecular formula is C12H18N2O2. The van der Waals surface area contributed by atoms with Gasteiger partial charge in [-0.25, -0.2) is 0 Å². The molecule has 0 aliphatic carbocycles. The fraction of sp³-hybridized carbons (Fsp3) is 0.417. The Bertz CT molecular complexity index is 377. The fourth-order valence-corrected chi connectivity index (χ4v) is 1.64. The topological polar surface area (TPSA) is 64.3 Å². The maximum Gasteiger partial charge on any atom is 0.239 e. The van der Waals surface area contributed by atoms with E-state index >= 15 is 0 Å². The third kappa shape index (κ3) is 2.73. The lowest BCUT2D eigenvalue weighted by Gasteiger charge is -2.15. The zero-order valence-corrected chi connectivity index (χ0v) is 9.91. The van der Waals surface area contributed by atoms with Gasteiger partial charge in [0.15, 0.2) is 0 Å². The Morgan fingerprint density at radius 3 is 2.69 bits per heavy atom. The highest BCUT2D eigenvalue weighted by atomic mass is 16.5. The second-order valence-electron chi connectivity index (χ2n) is 3.58. The molecule has 3 N–H and O–H groups in total. The number of likely N-dealkylation sites (N-methyl/N-ethyl adjacent to an activating group) is 1. The van der Waals surface area contributed by atoms with Crippen LogP contribution in [0.15, 0.2) is 18.2 Å². The monoisotopic (exact) mass is 222 g/mol. The Hall–Kier alpha value is -1.55. The first kappa shape index (κ1) is 12.5. The average Bonchev–Trinajstić information content (AvgIpc) is 2.22. The van der Waals surface area contributed by atoms with Crippen LogP contribution in [-0.2, 0) is 4.79 Å². The number of carbonyl (C=O) groups excluding carboxylic acids is 1. The summed E-state index contributed by atoms with van der Waals surface area (Å²) < 4.78 is 5.43. The van der Waals surface area contributed by atoms with E-state index in [0.29, 0.717) is 6.61 Å². The van der Waals surface area contributed by atoms with Crippen molar-refractivity contribution in [2.45, 2.75) is 19.9 Å². The van der Waals surface area contributed by atoms with E-state index in [4.69, 9.17) is 10.5 Å². The van der Waals surface area contributed by atoms with Crippen molar-refractivity contribution < 1.29 is 9.53 Å². The molecule has 0 fully saturated rings. The molecule has 1 amide bonds. The normalized spacial score (nSPS) is 12.2. The molecule has 1 rings (SSSR count). The standard InChI is InChI=1S/C12H18N2O2/c1-4-16-10-6-5-9(7-8(10)2)11(14-3)12(13)15/h5-7,11,14H,4H2,1-3H3,(H2,13,15). The molecule has 1 aromatic rings. The number of hydrogen-bond acceptors (Lipinski definition) is 3. The van der Waals surface area contributed by atoms with Crippen LogP contribution in [0, 0.1) is 6.92 Å². The SMILES string of the molecule is CCOc1ccc(C(NC)C(N)=O)cc1C. The van der Waals surface area contributed by atoms with E-state index in [1.165, 1.54) is 0 Å². The minimum absolute atomic E-state index is 0.383. The fourth-order valence-electron chi connectivity index (χ4n) is 1.64. The van der Waals surface area contributed by atoms with Gasteiger partial charge < -0.3 is 15.8 Å². The zero-order valence-electron chi connectivity index (χ0n) is 9.91. The highest BCUT2D eigenvalue weighted by Gasteiger charge is 2.15. The van der Waals surface area contributed by atoms with Gasteiger partial charge in [0.1, 0.15) is 11.8 Å². The van der Waals surface area contributed by atoms with Gasteiger partial charge in [0, 0.05) is 0 Å². The number of hydrogen-bond donors (Lipinski definition) is 2. The summed E-state index contributed by atoms with van der Waals surface area (Å²) >= 11 is 0. The van der Waals surface area contributed by atoms with Gasteiger partial charge in [-0.15, -0.1) is 0 Å². The molecule has 0 saturated carbocycles. The number of carbonyl (C=O) groups is 1. The number of nitrogens with two attached hydrogens (primary N) is 1. The lowest BCUT2D eigenvalue weighted by molar-refractivity contribution is -0.120. The van der Waals surface area contributed by atoms with Gasteiger partial charge in [0.05, 0.1) is 6.61 Å². The maximum atomic E-state index is 11.2. The predicted octanol–water partition coefficient (Wildman–Crippen LogP) is 1.14. The summed E-state index contributed by atoms with van der Waals surface area (Å²) in [5.74, 6) is 0.455. The quantitative estimate of drug-likeness (QED) is 0.785. The van der Waals surface area contributed by atoms with E-state index in [1.54, 1.807) is 7.05 Å². The van der Waals surface area contributed by atoms with Gasteiger partial charge in [-0.05, 0) is 38.1 Å². The van der Waals surface area contributed by atoms with Crippen LogP contribution in [0.3, 0.4) is 0 Å². The van der Waals surface area contributed by atoms with E-state index in [9.17, 15) is 4.79 Å². The van der Waals surface area contributed by atoms with Crippen molar-refractivity contribution in [3.8, 4) is 5.75 Å². The number of benzene rings is 1.